The van der Waals surface area contributed by atoms with E-state index < -0.39 is 0 Å². The number of hydrogen-bond donors (Lipinski definition) is 1. The minimum atomic E-state index is -0.0817. The summed E-state index contributed by atoms with van der Waals surface area (Å²) in [7, 11) is 1.64. The molecule has 1 fully saturated rings. The van der Waals surface area contributed by atoms with Gasteiger partial charge in [-0.25, -0.2) is 0 Å². The number of hydrogen-bond acceptors (Lipinski definition) is 4. The predicted molar refractivity (Wildman–Crippen MR) is 118 cm³/mol. The molecule has 2 aromatic carbocycles. The van der Waals surface area contributed by atoms with Crippen molar-refractivity contribution in [1.82, 2.24) is 4.90 Å². The molecule has 2 heterocycles. The highest BCUT2D eigenvalue weighted by atomic mass is 16.5. The van der Waals surface area contributed by atoms with Crippen LogP contribution in [0.1, 0.15) is 39.9 Å². The van der Waals surface area contributed by atoms with Crippen LogP contribution in [0, 0.1) is 13.8 Å². The van der Waals surface area contributed by atoms with Crippen LogP contribution >= 0.6 is 0 Å². The van der Waals surface area contributed by atoms with Crippen molar-refractivity contribution in [3.8, 4) is 0 Å². The van der Waals surface area contributed by atoms with Gasteiger partial charge in [0.25, 0.3) is 5.91 Å². The zero-order chi connectivity index (χ0) is 21.3. The lowest BCUT2D eigenvalue weighted by Crippen LogP contribution is -2.44. The van der Waals surface area contributed by atoms with Gasteiger partial charge in [0.1, 0.15) is 6.04 Å². The molecule has 0 spiro atoms. The minimum absolute atomic E-state index is 0.0242. The quantitative estimate of drug-likeness (QED) is 0.796. The lowest BCUT2D eigenvalue weighted by Gasteiger charge is -2.33. The summed E-state index contributed by atoms with van der Waals surface area (Å²) in [6.45, 7) is 6.50. The highest BCUT2D eigenvalue weighted by Crippen LogP contribution is 2.37. The Morgan fingerprint density at radius 3 is 2.83 bits per heavy atom. The maximum absolute atomic E-state index is 13.4. The summed E-state index contributed by atoms with van der Waals surface area (Å²) in [5, 5.41) is 3.00. The molecular formula is C24H29N3O3. The molecule has 1 saturated heterocycles. The van der Waals surface area contributed by atoms with Crippen molar-refractivity contribution in [2.75, 3.05) is 37.0 Å². The van der Waals surface area contributed by atoms with E-state index in [9.17, 15) is 9.59 Å². The van der Waals surface area contributed by atoms with E-state index in [4.69, 9.17) is 4.74 Å². The normalized spacial score (nSPS) is 17.4. The van der Waals surface area contributed by atoms with Gasteiger partial charge in [-0.2, -0.15) is 0 Å². The van der Waals surface area contributed by atoms with Crippen LogP contribution in [0.15, 0.2) is 36.4 Å². The van der Waals surface area contributed by atoms with Crippen LogP contribution in [-0.2, 0) is 16.1 Å². The summed E-state index contributed by atoms with van der Waals surface area (Å²) in [5.41, 5.74) is 5.80. The van der Waals surface area contributed by atoms with Crippen molar-refractivity contribution in [3.05, 3.63) is 58.7 Å². The molecule has 2 amide bonds. The van der Waals surface area contributed by atoms with Crippen molar-refractivity contribution in [2.45, 2.75) is 39.3 Å². The van der Waals surface area contributed by atoms with E-state index in [1.807, 2.05) is 23.1 Å². The fourth-order valence-electron chi connectivity index (χ4n) is 4.43. The van der Waals surface area contributed by atoms with E-state index in [2.05, 4.69) is 42.3 Å². The molecule has 1 unspecified atom stereocenters. The zero-order valence-corrected chi connectivity index (χ0v) is 17.9. The van der Waals surface area contributed by atoms with Crippen molar-refractivity contribution in [2.24, 2.45) is 0 Å². The van der Waals surface area contributed by atoms with E-state index in [1.165, 1.54) is 11.1 Å². The number of rotatable bonds is 6. The van der Waals surface area contributed by atoms with Crippen LogP contribution in [0.2, 0.25) is 0 Å². The molecule has 0 saturated carbocycles. The van der Waals surface area contributed by atoms with Crippen LogP contribution < -0.4 is 10.2 Å². The van der Waals surface area contributed by atoms with Crippen LogP contribution in [0.5, 0.6) is 0 Å². The summed E-state index contributed by atoms with van der Waals surface area (Å²) in [4.78, 5) is 29.8. The maximum atomic E-state index is 13.4. The van der Waals surface area contributed by atoms with E-state index in [0.717, 1.165) is 36.3 Å². The summed E-state index contributed by atoms with van der Waals surface area (Å²) < 4.78 is 5.24. The Balaban J connectivity index is 1.60. The number of ether oxygens (including phenoxy) is 1. The molecule has 30 heavy (non-hydrogen) atoms. The molecule has 0 bridgehead atoms. The summed E-state index contributed by atoms with van der Waals surface area (Å²) in [5.74, 6) is -0.0382. The SMILES string of the molecule is COCCN(Cc1ccc(C)cc1C)C(=O)c1ccc2c(c1)NC(=O)C1CCCN21. The van der Waals surface area contributed by atoms with Gasteiger partial charge in [0.05, 0.1) is 18.0 Å². The van der Waals surface area contributed by atoms with Crippen LogP contribution in [0.3, 0.4) is 0 Å². The van der Waals surface area contributed by atoms with E-state index in [-0.39, 0.29) is 17.9 Å². The molecule has 0 radical (unpaired) electrons. The molecule has 0 aromatic heterocycles. The lowest BCUT2D eigenvalue weighted by atomic mass is 10.0. The second-order valence-electron chi connectivity index (χ2n) is 8.22. The number of anilines is 2. The average molecular weight is 408 g/mol. The van der Waals surface area contributed by atoms with Gasteiger partial charge in [-0.3, -0.25) is 9.59 Å². The topological polar surface area (TPSA) is 61.9 Å². The first-order valence-electron chi connectivity index (χ1n) is 10.5. The van der Waals surface area contributed by atoms with E-state index >= 15 is 0 Å². The number of nitrogens with one attached hydrogen (secondary N) is 1. The Labute approximate surface area is 177 Å². The standard InChI is InChI=1S/C24H29N3O3/c1-16-6-7-19(17(2)13-16)15-26(11-12-30-3)24(29)18-8-9-21-20(14-18)25-23(28)22-5-4-10-27(21)22/h6-9,13-14,22H,4-5,10-12,15H2,1-3H3,(H,25,28). The molecule has 158 valence electrons. The average Bonchev–Trinajstić information content (AvgIpc) is 3.22. The molecule has 1 N–H and O–H groups in total. The third-order valence-electron chi connectivity index (χ3n) is 6.08. The van der Waals surface area contributed by atoms with Gasteiger partial charge in [0.15, 0.2) is 0 Å². The summed E-state index contributed by atoms with van der Waals surface area (Å²) in [6, 6.07) is 11.9. The molecule has 2 aromatic rings. The monoisotopic (exact) mass is 407 g/mol. The van der Waals surface area contributed by atoms with E-state index in [1.54, 1.807) is 7.11 Å². The maximum Gasteiger partial charge on any atom is 0.254 e. The summed E-state index contributed by atoms with van der Waals surface area (Å²) in [6.07, 6.45) is 1.89. The number of methoxy groups -OCH3 is 1. The van der Waals surface area contributed by atoms with Crippen LogP contribution in [0.4, 0.5) is 11.4 Å². The van der Waals surface area contributed by atoms with Gasteiger partial charge in [-0.15, -0.1) is 0 Å². The zero-order valence-electron chi connectivity index (χ0n) is 17.9. The Bertz CT molecular complexity index is 972. The molecule has 1 atom stereocenters. The van der Waals surface area contributed by atoms with Gasteiger partial charge in [-0.05, 0) is 56.0 Å². The number of carbonyl (C=O) groups excluding carboxylic acids is 2. The second-order valence-corrected chi connectivity index (χ2v) is 8.22. The first-order valence-corrected chi connectivity index (χ1v) is 10.5. The van der Waals surface area contributed by atoms with Gasteiger partial charge in [-0.1, -0.05) is 23.8 Å². The highest BCUT2D eigenvalue weighted by molar-refractivity contribution is 6.06. The third kappa shape index (κ3) is 3.92. The second kappa shape index (κ2) is 8.48. The van der Waals surface area contributed by atoms with Crippen molar-refractivity contribution in [1.29, 1.82) is 0 Å². The fourth-order valence-corrected chi connectivity index (χ4v) is 4.43. The number of carbonyl (C=O) groups is 2. The molecule has 6 nitrogen and oxygen atoms in total. The molecule has 4 rings (SSSR count). The van der Waals surface area contributed by atoms with Crippen molar-refractivity contribution >= 4 is 23.2 Å². The predicted octanol–water partition coefficient (Wildman–Crippen LogP) is 3.51. The Morgan fingerprint density at radius 1 is 1.23 bits per heavy atom. The van der Waals surface area contributed by atoms with E-state index in [0.29, 0.717) is 25.3 Å². The van der Waals surface area contributed by atoms with Gasteiger partial charge in [0.2, 0.25) is 5.91 Å². The van der Waals surface area contributed by atoms with Crippen LogP contribution in [-0.4, -0.2) is 49.6 Å². The Morgan fingerprint density at radius 2 is 2.07 bits per heavy atom. The largest absolute Gasteiger partial charge is 0.383 e. The molecule has 6 heteroatoms. The van der Waals surface area contributed by atoms with Gasteiger partial charge < -0.3 is 19.9 Å². The number of amides is 2. The number of benzene rings is 2. The fraction of sp³-hybridized carbons (Fsp3) is 0.417. The lowest BCUT2D eigenvalue weighted by molar-refractivity contribution is -0.117. The molecule has 2 aliphatic rings. The molecule has 0 aliphatic carbocycles. The molecule has 2 aliphatic heterocycles. The van der Waals surface area contributed by atoms with Gasteiger partial charge in [0, 0.05) is 32.3 Å². The Kier molecular flexibility index (Phi) is 5.77. The first kappa shape index (κ1) is 20.4. The van der Waals surface area contributed by atoms with Crippen molar-refractivity contribution in [3.63, 3.8) is 0 Å². The molecular weight excluding hydrogens is 378 g/mol. The number of aryl methyl sites for hydroxylation is 2. The third-order valence-corrected chi connectivity index (χ3v) is 6.08. The Hall–Kier alpha value is -2.86. The minimum Gasteiger partial charge on any atom is -0.383 e. The van der Waals surface area contributed by atoms with Crippen LogP contribution in [0.25, 0.3) is 0 Å². The highest BCUT2D eigenvalue weighted by Gasteiger charge is 2.36. The van der Waals surface area contributed by atoms with Crippen molar-refractivity contribution < 1.29 is 14.3 Å². The number of fused-ring (bicyclic) bond motifs is 3. The smallest absolute Gasteiger partial charge is 0.254 e. The summed E-state index contributed by atoms with van der Waals surface area (Å²) >= 11 is 0. The first-order chi connectivity index (χ1) is 14.5. The number of nitrogens with zero attached hydrogens (tertiary/aromatic N) is 2. The van der Waals surface area contributed by atoms with Gasteiger partial charge >= 0.3 is 0 Å².